The molecule has 0 aromatic rings. The Balaban J connectivity index is 2.46. The summed E-state index contributed by atoms with van der Waals surface area (Å²) in [6.07, 6.45) is 0. The highest BCUT2D eigenvalue weighted by atomic mass is 32.2. The number of nitrogens with zero attached hydrogens (tertiary/aromatic N) is 1. The molecule has 1 aliphatic rings. The van der Waals surface area contributed by atoms with Gasteiger partial charge in [-0.05, 0) is 20.8 Å². The molecule has 1 fully saturated rings. The second-order valence-electron chi connectivity index (χ2n) is 4.86. The van der Waals surface area contributed by atoms with E-state index in [9.17, 15) is 4.79 Å². The van der Waals surface area contributed by atoms with Crippen LogP contribution < -0.4 is 5.32 Å². The van der Waals surface area contributed by atoms with Crippen LogP contribution in [0.1, 0.15) is 20.8 Å². The molecule has 0 saturated carbocycles. The van der Waals surface area contributed by atoms with E-state index >= 15 is 0 Å². The molecule has 5 heteroatoms. The Morgan fingerprint density at radius 1 is 1.50 bits per heavy atom. The summed E-state index contributed by atoms with van der Waals surface area (Å²) in [4.78, 5) is 14.1. The topological polar surface area (TPSA) is 52.6 Å². The lowest BCUT2D eigenvalue weighted by molar-refractivity contribution is -0.127. The minimum Gasteiger partial charge on any atom is -0.394 e. The molecular formula is C11H22N2O2S. The van der Waals surface area contributed by atoms with Gasteiger partial charge in [0.25, 0.3) is 0 Å². The SMILES string of the molecule is CC(C(=O)NC(C)(C)CO)N1CCSCC1. The van der Waals surface area contributed by atoms with Crippen molar-refractivity contribution in [2.24, 2.45) is 0 Å². The van der Waals surface area contributed by atoms with Crippen molar-refractivity contribution in [3.63, 3.8) is 0 Å². The van der Waals surface area contributed by atoms with Gasteiger partial charge in [0, 0.05) is 24.6 Å². The van der Waals surface area contributed by atoms with E-state index in [0.29, 0.717) is 0 Å². The van der Waals surface area contributed by atoms with Crippen molar-refractivity contribution in [2.45, 2.75) is 32.4 Å². The van der Waals surface area contributed by atoms with Gasteiger partial charge in [-0.15, -0.1) is 0 Å². The summed E-state index contributed by atoms with van der Waals surface area (Å²) in [5.41, 5.74) is -0.532. The molecule has 0 aliphatic carbocycles. The normalized spacial score (nSPS) is 20.5. The largest absolute Gasteiger partial charge is 0.394 e. The van der Waals surface area contributed by atoms with Crippen LogP contribution in [-0.2, 0) is 4.79 Å². The molecule has 0 aromatic heterocycles. The number of hydrogen-bond acceptors (Lipinski definition) is 4. The van der Waals surface area contributed by atoms with Gasteiger partial charge in [0.1, 0.15) is 0 Å². The molecule has 1 rings (SSSR count). The van der Waals surface area contributed by atoms with E-state index in [1.807, 2.05) is 32.5 Å². The van der Waals surface area contributed by atoms with Crippen LogP contribution in [0.4, 0.5) is 0 Å². The maximum Gasteiger partial charge on any atom is 0.237 e. The number of carbonyl (C=O) groups is 1. The highest BCUT2D eigenvalue weighted by molar-refractivity contribution is 7.99. The zero-order valence-electron chi connectivity index (χ0n) is 10.3. The summed E-state index contributed by atoms with van der Waals surface area (Å²) < 4.78 is 0. The highest BCUT2D eigenvalue weighted by Gasteiger charge is 2.27. The van der Waals surface area contributed by atoms with Crippen LogP contribution in [0.2, 0.25) is 0 Å². The summed E-state index contributed by atoms with van der Waals surface area (Å²) in [5.74, 6) is 2.20. The van der Waals surface area contributed by atoms with Crippen molar-refractivity contribution >= 4 is 17.7 Å². The first-order valence-corrected chi connectivity index (χ1v) is 6.86. The molecule has 0 radical (unpaired) electrons. The molecule has 0 spiro atoms. The lowest BCUT2D eigenvalue weighted by Crippen LogP contribution is -2.54. The van der Waals surface area contributed by atoms with Crippen LogP contribution in [0.3, 0.4) is 0 Å². The van der Waals surface area contributed by atoms with E-state index in [2.05, 4.69) is 10.2 Å². The Morgan fingerprint density at radius 2 is 2.06 bits per heavy atom. The first kappa shape index (κ1) is 13.8. The minimum absolute atomic E-state index is 0.00551. The van der Waals surface area contributed by atoms with Gasteiger partial charge in [0.15, 0.2) is 0 Å². The van der Waals surface area contributed by atoms with Gasteiger partial charge in [-0.2, -0.15) is 11.8 Å². The Morgan fingerprint density at radius 3 is 2.56 bits per heavy atom. The third-order valence-corrected chi connectivity index (χ3v) is 3.77. The highest BCUT2D eigenvalue weighted by Crippen LogP contribution is 2.12. The standard InChI is InChI=1S/C11H22N2O2S/c1-9(13-4-6-16-7-5-13)10(15)12-11(2,3)8-14/h9,14H,4-8H2,1-3H3,(H,12,15). The lowest BCUT2D eigenvalue weighted by atomic mass is 10.1. The molecule has 94 valence electrons. The molecule has 2 N–H and O–H groups in total. The quantitative estimate of drug-likeness (QED) is 0.750. The van der Waals surface area contributed by atoms with Crippen LogP contribution in [-0.4, -0.2) is 58.7 Å². The summed E-state index contributed by atoms with van der Waals surface area (Å²) >= 11 is 1.93. The second kappa shape index (κ2) is 5.89. The molecule has 16 heavy (non-hydrogen) atoms. The Bertz CT molecular complexity index is 240. The first-order valence-electron chi connectivity index (χ1n) is 5.71. The van der Waals surface area contributed by atoms with Crippen LogP contribution >= 0.6 is 11.8 Å². The fourth-order valence-electron chi connectivity index (χ4n) is 1.61. The summed E-state index contributed by atoms with van der Waals surface area (Å²) in [6, 6.07) is -0.105. The van der Waals surface area contributed by atoms with Gasteiger partial charge in [-0.3, -0.25) is 9.69 Å². The molecule has 1 aliphatic heterocycles. The van der Waals surface area contributed by atoms with E-state index in [1.54, 1.807) is 0 Å². The van der Waals surface area contributed by atoms with Crippen molar-refractivity contribution in [2.75, 3.05) is 31.2 Å². The number of nitrogens with one attached hydrogen (secondary N) is 1. The number of aliphatic hydroxyl groups excluding tert-OH is 1. The Labute approximate surface area is 102 Å². The number of rotatable bonds is 4. The second-order valence-corrected chi connectivity index (χ2v) is 6.08. The van der Waals surface area contributed by atoms with Crippen molar-refractivity contribution in [1.29, 1.82) is 0 Å². The maximum atomic E-state index is 11.9. The van der Waals surface area contributed by atoms with Crippen LogP contribution in [0.5, 0.6) is 0 Å². The van der Waals surface area contributed by atoms with Gasteiger partial charge < -0.3 is 10.4 Å². The third-order valence-electron chi connectivity index (χ3n) is 2.83. The Hall–Kier alpha value is -0.260. The zero-order valence-corrected chi connectivity index (χ0v) is 11.1. The molecule has 1 unspecified atom stereocenters. The van der Waals surface area contributed by atoms with Crippen LogP contribution in [0.25, 0.3) is 0 Å². The van der Waals surface area contributed by atoms with E-state index < -0.39 is 5.54 Å². The van der Waals surface area contributed by atoms with E-state index in [1.165, 1.54) is 0 Å². The first-order chi connectivity index (χ1) is 7.46. The zero-order chi connectivity index (χ0) is 12.2. The predicted molar refractivity (Wildman–Crippen MR) is 67.7 cm³/mol. The molecule has 1 atom stereocenters. The number of hydrogen-bond donors (Lipinski definition) is 2. The number of aliphatic hydroxyl groups is 1. The molecule has 1 saturated heterocycles. The van der Waals surface area contributed by atoms with Crippen molar-refractivity contribution in [3.05, 3.63) is 0 Å². The van der Waals surface area contributed by atoms with E-state index in [0.717, 1.165) is 24.6 Å². The minimum atomic E-state index is -0.532. The average Bonchev–Trinajstić information content (AvgIpc) is 2.28. The number of amides is 1. The lowest BCUT2D eigenvalue weighted by Gasteiger charge is -2.33. The summed E-state index contributed by atoms with van der Waals surface area (Å²) in [5, 5.41) is 12.0. The van der Waals surface area contributed by atoms with Gasteiger partial charge in [-0.25, -0.2) is 0 Å². The molecule has 4 nitrogen and oxygen atoms in total. The van der Waals surface area contributed by atoms with Crippen LogP contribution in [0, 0.1) is 0 Å². The van der Waals surface area contributed by atoms with Gasteiger partial charge in [0.2, 0.25) is 5.91 Å². The van der Waals surface area contributed by atoms with E-state index in [4.69, 9.17) is 5.11 Å². The monoisotopic (exact) mass is 246 g/mol. The average molecular weight is 246 g/mol. The number of thioether (sulfide) groups is 1. The number of carbonyl (C=O) groups excluding carboxylic acids is 1. The van der Waals surface area contributed by atoms with Crippen molar-refractivity contribution in [3.8, 4) is 0 Å². The predicted octanol–water partition coefficient (Wildman–Crippen LogP) is 0.311. The molecule has 0 bridgehead atoms. The van der Waals surface area contributed by atoms with Crippen LogP contribution in [0.15, 0.2) is 0 Å². The van der Waals surface area contributed by atoms with Gasteiger partial charge >= 0.3 is 0 Å². The van der Waals surface area contributed by atoms with Crippen molar-refractivity contribution < 1.29 is 9.90 Å². The van der Waals surface area contributed by atoms with Crippen molar-refractivity contribution in [1.82, 2.24) is 10.2 Å². The maximum absolute atomic E-state index is 11.9. The fraction of sp³-hybridized carbons (Fsp3) is 0.909. The van der Waals surface area contributed by atoms with Gasteiger partial charge in [0.05, 0.1) is 18.2 Å². The summed E-state index contributed by atoms with van der Waals surface area (Å²) in [6.45, 7) is 7.48. The Kier molecular flexibility index (Phi) is 5.08. The molecule has 1 amide bonds. The fourth-order valence-corrected chi connectivity index (χ4v) is 2.54. The molecular weight excluding hydrogens is 224 g/mol. The van der Waals surface area contributed by atoms with E-state index in [-0.39, 0.29) is 18.6 Å². The molecule has 1 heterocycles. The molecule has 0 aromatic carbocycles. The summed E-state index contributed by atoms with van der Waals surface area (Å²) in [7, 11) is 0. The van der Waals surface area contributed by atoms with Gasteiger partial charge in [-0.1, -0.05) is 0 Å². The smallest absolute Gasteiger partial charge is 0.237 e. The third kappa shape index (κ3) is 3.96.